The van der Waals surface area contributed by atoms with Crippen LogP contribution in [-0.4, -0.2) is 42.1 Å². The molecule has 0 N–H and O–H groups in total. The van der Waals surface area contributed by atoms with Crippen LogP contribution >= 0.6 is 0 Å². The van der Waals surface area contributed by atoms with Gasteiger partial charge in [0.05, 0.1) is 0 Å². The summed E-state index contributed by atoms with van der Waals surface area (Å²) >= 11 is 0. The van der Waals surface area contributed by atoms with Crippen LogP contribution in [0.5, 0.6) is 0 Å². The van der Waals surface area contributed by atoms with Crippen LogP contribution < -0.4 is 9.80 Å². The summed E-state index contributed by atoms with van der Waals surface area (Å²) < 4.78 is 6.29. The molecule has 2 saturated heterocycles. The monoisotopic (exact) mass is 454 g/mol. The Bertz CT molecular complexity index is 1190. The molecule has 0 radical (unpaired) electrons. The molecule has 0 saturated carbocycles. The molecule has 174 valence electrons. The first-order valence-electron chi connectivity index (χ1n) is 12.3. The van der Waals surface area contributed by atoms with Gasteiger partial charge in [-0.3, -0.25) is 4.98 Å². The van der Waals surface area contributed by atoms with Gasteiger partial charge >= 0.3 is 5.97 Å². The number of aryl methyl sites for hydroxylation is 2. The molecule has 0 unspecified atom stereocenters. The molecule has 0 aliphatic carbocycles. The molecule has 0 bridgehead atoms. The van der Waals surface area contributed by atoms with Gasteiger partial charge < -0.3 is 14.5 Å². The van der Waals surface area contributed by atoms with E-state index in [2.05, 4.69) is 70.0 Å². The second kappa shape index (κ2) is 8.12. The zero-order valence-corrected chi connectivity index (χ0v) is 19.9. The van der Waals surface area contributed by atoms with Crippen LogP contribution in [0.4, 0.5) is 11.4 Å². The zero-order valence-electron chi connectivity index (χ0n) is 19.9. The summed E-state index contributed by atoms with van der Waals surface area (Å²) in [7, 11) is 0. The topological polar surface area (TPSA) is 58.6 Å². The number of hydrogen-bond donors (Lipinski definition) is 0. The number of hydrogen-bond acceptors (Lipinski definition) is 6. The first kappa shape index (κ1) is 21.1. The second-order valence-electron chi connectivity index (χ2n) is 9.71. The molecule has 0 atom stereocenters. The number of ether oxygens (including phenoxy) is 1. The quantitative estimate of drug-likeness (QED) is 0.530. The second-order valence-corrected chi connectivity index (χ2v) is 9.71. The molecule has 2 fully saturated rings. The van der Waals surface area contributed by atoms with Gasteiger partial charge in [0.2, 0.25) is 5.60 Å². The molecule has 4 heterocycles. The number of carbonyl (C=O) groups is 1. The van der Waals surface area contributed by atoms with Crippen LogP contribution in [0, 0.1) is 13.8 Å². The summed E-state index contributed by atoms with van der Waals surface area (Å²) in [6.45, 7) is 8.56. The molecule has 0 amide bonds. The van der Waals surface area contributed by atoms with Gasteiger partial charge in [0.15, 0.2) is 5.69 Å². The first-order chi connectivity index (χ1) is 16.6. The number of esters is 1. The number of fused-ring (bicyclic) bond motifs is 1. The fourth-order valence-electron chi connectivity index (χ4n) is 5.92. The fourth-order valence-corrected chi connectivity index (χ4v) is 5.92. The zero-order chi connectivity index (χ0) is 23.3. The van der Waals surface area contributed by atoms with E-state index in [1.165, 1.54) is 37.1 Å². The van der Waals surface area contributed by atoms with Crippen LogP contribution in [-0.2, 0) is 10.3 Å². The average molecular weight is 455 g/mol. The number of cyclic esters (lactones) is 1. The number of carbonyl (C=O) groups excluding carboxylic acids is 1. The minimum Gasteiger partial charge on any atom is -0.438 e. The Labute approximate surface area is 200 Å². The highest BCUT2D eigenvalue weighted by Gasteiger charge is 2.52. The van der Waals surface area contributed by atoms with Crippen molar-refractivity contribution >= 4 is 17.3 Å². The maximum atomic E-state index is 13.1. The third-order valence-corrected chi connectivity index (χ3v) is 7.59. The molecule has 1 aromatic heterocycles. The van der Waals surface area contributed by atoms with Crippen molar-refractivity contribution in [1.82, 2.24) is 9.97 Å². The molecule has 34 heavy (non-hydrogen) atoms. The van der Waals surface area contributed by atoms with Gasteiger partial charge in [-0.1, -0.05) is 12.1 Å². The summed E-state index contributed by atoms with van der Waals surface area (Å²) in [4.78, 5) is 26.9. The number of benzene rings is 2. The van der Waals surface area contributed by atoms with Crippen molar-refractivity contribution in [2.45, 2.75) is 45.1 Å². The number of nitrogens with zero attached hydrogens (tertiary/aromatic N) is 4. The minimum absolute atomic E-state index is 0.300. The van der Waals surface area contributed by atoms with Gasteiger partial charge in [0.1, 0.15) is 5.69 Å². The Balaban J connectivity index is 1.53. The van der Waals surface area contributed by atoms with Crippen LogP contribution in [0.15, 0.2) is 48.8 Å². The lowest BCUT2D eigenvalue weighted by Crippen LogP contribution is -2.32. The van der Waals surface area contributed by atoms with Crippen LogP contribution in [0.3, 0.4) is 0 Å². The SMILES string of the molecule is Cc1cc(N2CCCC2)ccc1C1(c2ccc(N3CCCC3)cc2C)OC(=O)c2nccnc21. The van der Waals surface area contributed by atoms with E-state index in [-0.39, 0.29) is 0 Å². The predicted octanol–water partition coefficient (Wildman–Crippen LogP) is 4.76. The third kappa shape index (κ3) is 3.19. The summed E-state index contributed by atoms with van der Waals surface area (Å²) in [5.74, 6) is -0.422. The van der Waals surface area contributed by atoms with E-state index >= 15 is 0 Å². The summed E-state index contributed by atoms with van der Waals surface area (Å²) in [6.07, 6.45) is 8.13. The number of rotatable bonds is 4. The number of aromatic nitrogens is 2. The highest BCUT2D eigenvalue weighted by atomic mass is 16.6. The minimum atomic E-state index is -1.11. The van der Waals surface area contributed by atoms with Crippen molar-refractivity contribution in [3.05, 3.63) is 82.4 Å². The Morgan fingerprint density at radius 2 is 1.26 bits per heavy atom. The van der Waals surface area contributed by atoms with E-state index in [9.17, 15) is 4.79 Å². The van der Waals surface area contributed by atoms with Crippen molar-refractivity contribution < 1.29 is 9.53 Å². The van der Waals surface area contributed by atoms with E-state index in [4.69, 9.17) is 4.74 Å². The number of anilines is 2. The Morgan fingerprint density at radius 1 is 0.765 bits per heavy atom. The van der Waals surface area contributed by atoms with Crippen LogP contribution in [0.1, 0.15) is 64.1 Å². The van der Waals surface area contributed by atoms with E-state index in [1.807, 2.05) is 0 Å². The maximum absolute atomic E-state index is 13.1. The van der Waals surface area contributed by atoms with Crippen LogP contribution in [0.2, 0.25) is 0 Å². The summed E-state index contributed by atoms with van der Waals surface area (Å²) in [5, 5.41) is 0. The van der Waals surface area contributed by atoms with Gasteiger partial charge in [0.25, 0.3) is 0 Å². The molecule has 2 aromatic carbocycles. The van der Waals surface area contributed by atoms with E-state index in [0.717, 1.165) is 48.4 Å². The van der Waals surface area contributed by atoms with Crippen molar-refractivity contribution in [3.63, 3.8) is 0 Å². The van der Waals surface area contributed by atoms with Crippen molar-refractivity contribution in [2.75, 3.05) is 36.0 Å². The largest absolute Gasteiger partial charge is 0.438 e. The Morgan fingerprint density at radius 3 is 1.76 bits per heavy atom. The van der Waals surface area contributed by atoms with Crippen LogP contribution in [0.25, 0.3) is 0 Å². The van der Waals surface area contributed by atoms with E-state index in [0.29, 0.717) is 11.4 Å². The van der Waals surface area contributed by atoms with Gasteiger partial charge in [-0.25, -0.2) is 9.78 Å². The third-order valence-electron chi connectivity index (χ3n) is 7.59. The summed E-state index contributed by atoms with van der Waals surface area (Å²) in [6, 6.07) is 13.0. The molecule has 6 heteroatoms. The molecule has 3 aromatic rings. The molecule has 6 nitrogen and oxygen atoms in total. The molecule has 0 spiro atoms. The Kier molecular flexibility index (Phi) is 5.05. The predicted molar refractivity (Wildman–Crippen MR) is 133 cm³/mol. The van der Waals surface area contributed by atoms with E-state index in [1.54, 1.807) is 12.4 Å². The van der Waals surface area contributed by atoms with Crippen molar-refractivity contribution in [1.29, 1.82) is 0 Å². The normalized spacial score (nSPS) is 18.9. The molecular formula is C28H30N4O2. The molecule has 3 aliphatic heterocycles. The van der Waals surface area contributed by atoms with Crippen molar-refractivity contribution in [3.8, 4) is 0 Å². The lowest BCUT2D eigenvalue weighted by Gasteiger charge is -2.33. The standard InChI is InChI=1S/C28H30N4O2/c1-19-17-21(31-13-3-4-14-31)7-9-23(19)28(26-25(27(33)34-28)29-11-12-30-26)24-10-8-22(18-20(24)2)32-15-5-6-16-32/h7-12,17-18H,3-6,13-16H2,1-2H3. The molecule has 6 rings (SSSR count). The smallest absolute Gasteiger partial charge is 0.360 e. The lowest BCUT2D eigenvalue weighted by molar-refractivity contribution is 0.0237. The van der Waals surface area contributed by atoms with Crippen molar-refractivity contribution in [2.24, 2.45) is 0 Å². The maximum Gasteiger partial charge on any atom is 0.360 e. The van der Waals surface area contributed by atoms with Gasteiger partial charge in [0, 0.05) is 61.1 Å². The molecule has 3 aliphatic rings. The first-order valence-corrected chi connectivity index (χ1v) is 12.3. The Hall–Kier alpha value is -3.41. The van der Waals surface area contributed by atoms with Gasteiger partial charge in [-0.15, -0.1) is 0 Å². The van der Waals surface area contributed by atoms with Gasteiger partial charge in [-0.2, -0.15) is 0 Å². The lowest BCUT2D eigenvalue weighted by atomic mass is 9.79. The highest BCUT2D eigenvalue weighted by Crippen LogP contribution is 2.48. The molecular weight excluding hydrogens is 424 g/mol. The average Bonchev–Trinajstić information content (AvgIpc) is 3.61. The summed E-state index contributed by atoms with van der Waals surface area (Å²) in [5.41, 5.74) is 6.26. The van der Waals surface area contributed by atoms with E-state index < -0.39 is 11.6 Å². The fraction of sp³-hybridized carbons (Fsp3) is 0.393. The highest BCUT2D eigenvalue weighted by molar-refractivity contribution is 5.93. The van der Waals surface area contributed by atoms with Gasteiger partial charge in [-0.05, 0) is 74.9 Å².